The minimum absolute atomic E-state index is 0.0194. The van der Waals surface area contributed by atoms with Crippen LogP contribution in [0.4, 0.5) is 0 Å². The molecule has 0 saturated carbocycles. The van der Waals surface area contributed by atoms with Crippen LogP contribution in [-0.4, -0.2) is 19.6 Å². The highest BCUT2D eigenvalue weighted by Gasteiger charge is 2.48. The normalized spacial score (nSPS) is 19.7. The molecule has 0 spiro atoms. The molecule has 6 rings (SSSR count). The van der Waals surface area contributed by atoms with Crippen LogP contribution in [0.15, 0.2) is 60.7 Å². The average molecular weight is 479 g/mol. The van der Waals surface area contributed by atoms with Gasteiger partial charge in [-0.1, -0.05) is 91.8 Å². The van der Waals surface area contributed by atoms with Gasteiger partial charge in [0.05, 0.1) is 34.2 Å². The van der Waals surface area contributed by atoms with E-state index in [1.54, 1.807) is 0 Å². The van der Waals surface area contributed by atoms with Crippen molar-refractivity contribution in [2.45, 2.75) is 89.9 Å². The maximum atomic E-state index is 5.12. The monoisotopic (exact) mass is 478 g/mol. The number of benzene rings is 2. The number of nitrogens with zero attached hydrogens (tertiary/aromatic N) is 4. The van der Waals surface area contributed by atoms with Gasteiger partial charge in [0.25, 0.3) is 0 Å². The second kappa shape index (κ2) is 7.21. The summed E-state index contributed by atoms with van der Waals surface area (Å²) in [6.45, 7) is 18.8. The molecule has 0 atom stereocenters. The second-order valence-electron chi connectivity index (χ2n) is 12.9. The number of aromatic nitrogens is 4. The van der Waals surface area contributed by atoms with Crippen LogP contribution in [0.2, 0.25) is 0 Å². The Morgan fingerprint density at radius 3 is 1.28 bits per heavy atom. The molecule has 4 aromatic rings. The number of hydrogen-bond donors (Lipinski definition) is 0. The van der Waals surface area contributed by atoms with Crippen molar-refractivity contribution < 1.29 is 0 Å². The molecule has 186 valence electrons. The van der Waals surface area contributed by atoms with Crippen LogP contribution in [-0.2, 0) is 34.5 Å². The standard InChI is InChI=1S/C32H38N4/c1-29(2)23-13-9-11-15-25(23)35-27(31(29,5)6)19-21(33-35)17-18-22-20-28-32(7,8)30(3,4)24-14-10-12-16-26(24)36(28)34-22/h9-16,19-20H,17-18H2,1-8H3. The third-order valence-electron chi connectivity index (χ3n) is 10.2. The van der Waals surface area contributed by atoms with Crippen LogP contribution in [0.25, 0.3) is 11.4 Å². The largest absolute Gasteiger partial charge is 0.237 e. The van der Waals surface area contributed by atoms with Crippen molar-refractivity contribution >= 4 is 0 Å². The summed E-state index contributed by atoms with van der Waals surface area (Å²) in [5.74, 6) is 0. The van der Waals surface area contributed by atoms with Gasteiger partial charge in [-0.3, -0.25) is 0 Å². The molecule has 0 fully saturated rings. The minimum Gasteiger partial charge on any atom is -0.237 e. The number of rotatable bonds is 3. The third kappa shape index (κ3) is 2.87. The molecule has 2 aliphatic rings. The number of aryl methyl sites for hydroxylation is 2. The van der Waals surface area contributed by atoms with E-state index in [0.29, 0.717) is 0 Å². The van der Waals surface area contributed by atoms with Crippen LogP contribution < -0.4 is 0 Å². The lowest BCUT2D eigenvalue weighted by atomic mass is 9.60. The van der Waals surface area contributed by atoms with E-state index in [1.807, 2.05) is 0 Å². The molecule has 4 nitrogen and oxygen atoms in total. The van der Waals surface area contributed by atoms with E-state index in [0.717, 1.165) is 24.2 Å². The van der Waals surface area contributed by atoms with Crippen LogP contribution in [0.1, 0.15) is 89.3 Å². The Labute approximate surface area is 215 Å². The lowest BCUT2D eigenvalue weighted by Gasteiger charge is -2.46. The topological polar surface area (TPSA) is 35.6 Å². The number of hydrogen-bond acceptors (Lipinski definition) is 2. The van der Waals surface area contributed by atoms with Crippen LogP contribution >= 0.6 is 0 Å². The van der Waals surface area contributed by atoms with E-state index >= 15 is 0 Å². The van der Waals surface area contributed by atoms with E-state index in [-0.39, 0.29) is 21.7 Å². The van der Waals surface area contributed by atoms with E-state index < -0.39 is 0 Å². The Kier molecular flexibility index (Phi) is 4.66. The average Bonchev–Trinajstić information content (AvgIpc) is 3.47. The number of para-hydroxylation sites is 2. The lowest BCUT2D eigenvalue weighted by molar-refractivity contribution is 0.275. The van der Waals surface area contributed by atoms with Gasteiger partial charge in [0.15, 0.2) is 0 Å². The quantitative estimate of drug-likeness (QED) is 0.318. The first-order valence-electron chi connectivity index (χ1n) is 13.3. The molecule has 0 radical (unpaired) electrons. The minimum atomic E-state index is -0.0284. The zero-order valence-corrected chi connectivity index (χ0v) is 23.0. The lowest BCUT2D eigenvalue weighted by Crippen LogP contribution is -2.45. The summed E-state index contributed by atoms with van der Waals surface area (Å²) < 4.78 is 4.38. The van der Waals surface area contributed by atoms with Gasteiger partial charge < -0.3 is 0 Å². The highest BCUT2D eigenvalue weighted by Crippen LogP contribution is 2.51. The second-order valence-corrected chi connectivity index (χ2v) is 12.9. The van der Waals surface area contributed by atoms with Crippen molar-refractivity contribution in [1.29, 1.82) is 0 Å². The van der Waals surface area contributed by atoms with Crippen molar-refractivity contribution in [1.82, 2.24) is 19.6 Å². The molecular weight excluding hydrogens is 440 g/mol. The van der Waals surface area contributed by atoms with Crippen molar-refractivity contribution in [2.24, 2.45) is 0 Å². The molecule has 2 aromatic heterocycles. The Bertz CT molecular complexity index is 1380. The Balaban J connectivity index is 1.35. The zero-order chi connectivity index (χ0) is 25.7. The molecule has 0 N–H and O–H groups in total. The molecule has 0 unspecified atom stereocenters. The third-order valence-corrected chi connectivity index (χ3v) is 10.2. The summed E-state index contributed by atoms with van der Waals surface area (Å²) in [7, 11) is 0. The fraction of sp³-hybridized carbons (Fsp3) is 0.438. The zero-order valence-electron chi connectivity index (χ0n) is 23.0. The van der Waals surface area contributed by atoms with Gasteiger partial charge in [0, 0.05) is 21.7 Å². The van der Waals surface area contributed by atoms with E-state index in [4.69, 9.17) is 10.2 Å². The summed E-state index contributed by atoms with van der Waals surface area (Å²) in [5.41, 5.74) is 9.99. The predicted molar refractivity (Wildman–Crippen MR) is 147 cm³/mol. The van der Waals surface area contributed by atoms with Crippen LogP contribution in [0.3, 0.4) is 0 Å². The Hall–Kier alpha value is -3.14. The van der Waals surface area contributed by atoms with E-state index in [2.05, 4.69) is 125 Å². The number of fused-ring (bicyclic) bond motifs is 6. The summed E-state index contributed by atoms with van der Waals surface area (Å²) in [6, 6.07) is 22.1. The van der Waals surface area contributed by atoms with Crippen molar-refractivity contribution in [2.75, 3.05) is 0 Å². The molecule has 2 aliphatic heterocycles. The van der Waals surface area contributed by atoms with Gasteiger partial charge in [-0.05, 0) is 48.2 Å². The van der Waals surface area contributed by atoms with Crippen molar-refractivity contribution in [3.8, 4) is 11.4 Å². The summed E-state index contributed by atoms with van der Waals surface area (Å²) in [6.07, 6.45) is 1.75. The maximum Gasteiger partial charge on any atom is 0.0686 e. The highest BCUT2D eigenvalue weighted by molar-refractivity contribution is 5.55. The van der Waals surface area contributed by atoms with Crippen LogP contribution in [0, 0.1) is 0 Å². The Morgan fingerprint density at radius 1 is 0.528 bits per heavy atom. The van der Waals surface area contributed by atoms with E-state index in [9.17, 15) is 0 Å². The van der Waals surface area contributed by atoms with Gasteiger partial charge in [-0.25, -0.2) is 9.36 Å². The highest BCUT2D eigenvalue weighted by atomic mass is 15.3. The van der Waals surface area contributed by atoms with Crippen molar-refractivity contribution in [3.05, 3.63) is 94.6 Å². The summed E-state index contributed by atoms with van der Waals surface area (Å²) in [5, 5.41) is 10.2. The first-order valence-corrected chi connectivity index (χ1v) is 13.3. The predicted octanol–water partition coefficient (Wildman–Crippen LogP) is 6.98. The molecule has 4 heterocycles. The van der Waals surface area contributed by atoms with Gasteiger partial charge in [-0.15, -0.1) is 0 Å². The molecular formula is C32H38N4. The van der Waals surface area contributed by atoms with Crippen LogP contribution in [0.5, 0.6) is 0 Å². The molecule has 36 heavy (non-hydrogen) atoms. The molecule has 0 saturated heterocycles. The first-order chi connectivity index (χ1) is 16.9. The molecule has 2 aromatic carbocycles. The van der Waals surface area contributed by atoms with Crippen molar-refractivity contribution in [3.63, 3.8) is 0 Å². The SMILES string of the molecule is CC1(C)c2ccccc2-n2nc(CCc3cc4n(n3)-c3ccccc3C(C)(C)C4(C)C)cc2C1(C)C. The molecule has 4 heteroatoms. The molecule has 0 aliphatic carbocycles. The smallest absolute Gasteiger partial charge is 0.0686 e. The summed E-state index contributed by atoms with van der Waals surface area (Å²) >= 11 is 0. The summed E-state index contributed by atoms with van der Waals surface area (Å²) in [4.78, 5) is 0. The maximum absolute atomic E-state index is 5.12. The van der Waals surface area contributed by atoms with Gasteiger partial charge in [0.1, 0.15) is 0 Å². The van der Waals surface area contributed by atoms with Gasteiger partial charge in [-0.2, -0.15) is 10.2 Å². The molecule has 0 bridgehead atoms. The fourth-order valence-corrected chi connectivity index (χ4v) is 6.31. The van der Waals surface area contributed by atoms with Gasteiger partial charge in [0.2, 0.25) is 0 Å². The van der Waals surface area contributed by atoms with E-state index in [1.165, 1.54) is 33.9 Å². The first kappa shape index (κ1) is 23.3. The van der Waals surface area contributed by atoms with Gasteiger partial charge >= 0.3 is 0 Å². The Morgan fingerprint density at radius 2 is 0.889 bits per heavy atom. The fourth-order valence-electron chi connectivity index (χ4n) is 6.31. The molecule has 0 amide bonds.